The van der Waals surface area contributed by atoms with Gasteiger partial charge >= 0.3 is 12.2 Å². The molecule has 1 aromatic carbocycles. The topological polar surface area (TPSA) is 192 Å². The molecule has 14 nitrogen and oxygen atoms in total. The minimum atomic E-state index is -0.686. The Labute approximate surface area is 328 Å². The highest BCUT2D eigenvalue weighted by molar-refractivity contribution is 5.86. The number of fused-ring (bicyclic) bond motifs is 3. The first kappa shape index (κ1) is 39.4. The second-order valence-electron chi connectivity index (χ2n) is 16.7. The molecule has 0 aliphatic heterocycles. The minimum absolute atomic E-state index is 0.0464. The molecule has 0 unspecified atom stereocenters. The van der Waals surface area contributed by atoms with Gasteiger partial charge in [-0.1, -0.05) is 63.8 Å². The van der Waals surface area contributed by atoms with Crippen LogP contribution in [0.25, 0.3) is 11.3 Å². The smallest absolute Gasteiger partial charge is 0.407 e. The second kappa shape index (κ2) is 16.7. The van der Waals surface area contributed by atoms with Crippen LogP contribution in [0.4, 0.5) is 9.59 Å². The van der Waals surface area contributed by atoms with E-state index in [1.807, 2.05) is 26.2 Å². The first-order chi connectivity index (χ1) is 27.1. The van der Waals surface area contributed by atoms with Crippen LogP contribution in [0.3, 0.4) is 0 Å². The van der Waals surface area contributed by atoms with Crippen LogP contribution < -0.4 is 21.3 Å². The van der Waals surface area contributed by atoms with Crippen molar-refractivity contribution in [1.82, 2.24) is 41.2 Å². The molecule has 4 amide bonds. The van der Waals surface area contributed by atoms with Gasteiger partial charge < -0.3 is 40.7 Å². The number of aromatic amines is 2. The minimum Gasteiger partial charge on any atom is -0.453 e. The Bertz CT molecular complexity index is 1840. The second-order valence-corrected chi connectivity index (χ2v) is 16.7. The number of alkyl carbamates (subject to hydrolysis) is 2. The third-order valence-corrected chi connectivity index (χ3v) is 13.0. The summed E-state index contributed by atoms with van der Waals surface area (Å²) in [4.78, 5) is 66.7. The number of methoxy groups -OCH3 is 2. The number of hydrogen-bond donors (Lipinski definition) is 6. The Hall–Kier alpha value is -4.88. The highest BCUT2D eigenvalue weighted by atomic mass is 16.5. The Kier molecular flexibility index (Phi) is 11.7. The molecule has 4 atom stereocenters. The molecular formula is C42H58N8O6. The van der Waals surface area contributed by atoms with E-state index in [1.54, 1.807) is 0 Å². The Morgan fingerprint density at radius 2 is 1.14 bits per heavy atom. The first-order valence-electron chi connectivity index (χ1n) is 20.6. The molecule has 8 rings (SSSR count). The normalized spacial score (nSPS) is 23.6. The van der Waals surface area contributed by atoms with Crippen LogP contribution >= 0.6 is 0 Å². The Morgan fingerprint density at radius 1 is 0.679 bits per heavy atom. The van der Waals surface area contributed by atoms with Crippen LogP contribution in [-0.4, -0.2) is 70.2 Å². The summed E-state index contributed by atoms with van der Waals surface area (Å²) in [7, 11) is 2.58. The molecule has 2 heterocycles. The molecular weight excluding hydrogens is 713 g/mol. The van der Waals surface area contributed by atoms with Crippen LogP contribution in [-0.2, 0) is 29.9 Å². The van der Waals surface area contributed by atoms with Crippen molar-refractivity contribution in [2.75, 3.05) is 14.2 Å². The summed E-state index contributed by atoms with van der Waals surface area (Å²) in [5.41, 5.74) is 4.68. The number of rotatable bonds is 17. The van der Waals surface area contributed by atoms with Gasteiger partial charge in [0, 0.05) is 17.3 Å². The number of hydrogen-bond acceptors (Lipinski definition) is 8. The monoisotopic (exact) mass is 770 g/mol. The Balaban J connectivity index is 0.990. The van der Waals surface area contributed by atoms with E-state index >= 15 is 0 Å². The molecule has 0 saturated heterocycles. The van der Waals surface area contributed by atoms with Crippen molar-refractivity contribution in [2.24, 2.45) is 11.8 Å². The van der Waals surface area contributed by atoms with E-state index in [4.69, 9.17) is 19.4 Å². The van der Waals surface area contributed by atoms with Crippen molar-refractivity contribution in [3.8, 4) is 11.3 Å². The number of nitrogens with zero attached hydrogens (tertiary/aromatic N) is 2. The number of imidazole rings is 2. The van der Waals surface area contributed by atoms with Crippen LogP contribution in [0.5, 0.6) is 0 Å². The summed E-state index contributed by atoms with van der Waals surface area (Å²) < 4.78 is 9.43. The van der Waals surface area contributed by atoms with Crippen molar-refractivity contribution >= 4 is 24.0 Å². The molecule has 5 fully saturated rings. The van der Waals surface area contributed by atoms with Gasteiger partial charge in [0.2, 0.25) is 11.8 Å². The SMILES string of the molecule is CC[C@H](NC(=O)OC)C(=O)N[C@@H](CC1CC1)c1ncc(-c2ccc(C34CCC(c5cnc([C@H](CC6CC6)NC(=O)[C@H](CC)NC(=O)OC)[nH]5)(CC3)CC4)cc2)[nH]1. The van der Waals surface area contributed by atoms with Gasteiger partial charge in [-0.25, -0.2) is 19.6 Å². The highest BCUT2D eigenvalue weighted by Gasteiger charge is 2.51. The van der Waals surface area contributed by atoms with Crippen LogP contribution in [0.2, 0.25) is 0 Å². The first-order valence-corrected chi connectivity index (χ1v) is 20.6. The van der Waals surface area contributed by atoms with Crippen molar-refractivity contribution in [2.45, 2.75) is 139 Å². The maximum absolute atomic E-state index is 13.2. The zero-order valence-corrected chi connectivity index (χ0v) is 33.2. The highest BCUT2D eigenvalue weighted by Crippen LogP contribution is 2.58. The maximum atomic E-state index is 13.2. The zero-order valence-electron chi connectivity index (χ0n) is 33.2. The summed E-state index contributed by atoms with van der Waals surface area (Å²) >= 11 is 0. The summed E-state index contributed by atoms with van der Waals surface area (Å²) in [6.07, 6.45) is 16.2. The summed E-state index contributed by atoms with van der Waals surface area (Å²) in [5, 5.41) is 11.6. The van der Waals surface area contributed by atoms with E-state index in [0.29, 0.717) is 24.7 Å². The van der Waals surface area contributed by atoms with Crippen LogP contribution in [0, 0.1) is 11.8 Å². The van der Waals surface area contributed by atoms with Gasteiger partial charge in [0.1, 0.15) is 23.7 Å². The fourth-order valence-electron chi connectivity index (χ4n) is 8.97. The van der Waals surface area contributed by atoms with Gasteiger partial charge in [-0.2, -0.15) is 0 Å². The number of benzene rings is 1. The lowest BCUT2D eigenvalue weighted by atomic mass is 9.51. The molecule has 302 valence electrons. The van der Waals surface area contributed by atoms with Gasteiger partial charge in [-0.3, -0.25) is 9.59 Å². The number of aromatic nitrogens is 4. The molecule has 14 heteroatoms. The predicted octanol–water partition coefficient (Wildman–Crippen LogP) is 6.53. The number of amides is 4. The molecule has 2 aromatic heterocycles. The zero-order chi connectivity index (χ0) is 39.5. The maximum Gasteiger partial charge on any atom is 0.407 e. The number of carbonyl (C=O) groups is 4. The fraction of sp³-hybridized carbons (Fsp3) is 0.619. The van der Waals surface area contributed by atoms with Gasteiger partial charge in [0.05, 0.1) is 38.2 Å². The molecule has 5 saturated carbocycles. The van der Waals surface area contributed by atoms with Crippen molar-refractivity contribution < 1.29 is 28.7 Å². The number of carbonyl (C=O) groups excluding carboxylic acids is 4. The molecule has 56 heavy (non-hydrogen) atoms. The lowest BCUT2D eigenvalue weighted by Crippen LogP contribution is -2.47. The molecule has 2 bridgehead atoms. The quantitative estimate of drug-likeness (QED) is 0.0893. The van der Waals surface area contributed by atoms with Gasteiger partial charge in [0.25, 0.3) is 0 Å². The molecule has 0 radical (unpaired) electrons. The molecule has 3 aromatic rings. The van der Waals surface area contributed by atoms with Crippen molar-refractivity contribution in [1.29, 1.82) is 0 Å². The van der Waals surface area contributed by atoms with Gasteiger partial charge in [-0.05, 0) is 92.6 Å². The van der Waals surface area contributed by atoms with E-state index < -0.39 is 24.3 Å². The predicted molar refractivity (Wildman–Crippen MR) is 209 cm³/mol. The number of H-pyrrole nitrogens is 2. The van der Waals surface area contributed by atoms with Crippen molar-refractivity contribution in [3.05, 3.63) is 59.6 Å². The summed E-state index contributed by atoms with van der Waals surface area (Å²) in [6, 6.07) is 7.04. The molecule has 6 N–H and O–H groups in total. The third kappa shape index (κ3) is 8.73. The van der Waals surface area contributed by atoms with Gasteiger partial charge in [-0.15, -0.1) is 0 Å². The lowest BCUT2D eigenvalue weighted by molar-refractivity contribution is -0.124. The van der Waals surface area contributed by atoms with E-state index in [-0.39, 0.29) is 34.7 Å². The number of ether oxygens (including phenoxy) is 2. The van der Waals surface area contributed by atoms with Crippen LogP contribution in [0.15, 0.2) is 36.7 Å². The molecule has 0 spiro atoms. The largest absolute Gasteiger partial charge is 0.453 e. The molecule has 5 aliphatic rings. The van der Waals surface area contributed by atoms with E-state index in [1.165, 1.54) is 25.5 Å². The fourth-order valence-corrected chi connectivity index (χ4v) is 8.97. The molecule has 5 aliphatic carbocycles. The van der Waals surface area contributed by atoms with Gasteiger partial charge in [0.15, 0.2) is 0 Å². The third-order valence-electron chi connectivity index (χ3n) is 13.0. The van der Waals surface area contributed by atoms with Crippen LogP contribution in [0.1, 0.15) is 139 Å². The van der Waals surface area contributed by atoms with E-state index in [0.717, 1.165) is 100.0 Å². The van der Waals surface area contributed by atoms with E-state index in [9.17, 15) is 19.2 Å². The standard InChI is InChI=1S/C42H58N8O6/c1-5-29(48-39(53)55-3)37(51)46-31(21-25-7-8-25)35-43-23-33(45-35)27-11-13-28(14-12-27)41-15-18-42(19-16-41,20-17-41)34-24-44-36(50-34)32(22-26-9-10-26)47-38(52)30(6-2)49-40(54)56-4/h11-14,23-26,29-32H,5-10,15-22H2,1-4H3,(H,43,45)(H,44,50)(H,46,51)(H,47,52)(H,48,53)(H,49,54)/t29-,30-,31-,32-,41?,42?/m0/s1. The lowest BCUT2D eigenvalue weighted by Gasteiger charge is -2.53. The summed E-state index contributed by atoms with van der Waals surface area (Å²) in [6.45, 7) is 3.72. The average Bonchev–Trinajstić information content (AvgIpc) is 4.12. The van der Waals surface area contributed by atoms with E-state index in [2.05, 4.69) is 55.5 Å². The Morgan fingerprint density at radius 3 is 1.61 bits per heavy atom. The number of nitrogens with one attached hydrogen (secondary N) is 6. The van der Waals surface area contributed by atoms with Crippen molar-refractivity contribution in [3.63, 3.8) is 0 Å². The summed E-state index contributed by atoms with van der Waals surface area (Å²) in [5.74, 6) is 2.16. The average molecular weight is 771 g/mol.